The number of carbonyl (C=O) groups is 3. The highest BCUT2D eigenvalue weighted by molar-refractivity contribution is 7.98. The molecule has 7 nitrogen and oxygen atoms in total. The third-order valence-electron chi connectivity index (χ3n) is 8.10. The van der Waals surface area contributed by atoms with Crippen molar-refractivity contribution in [3.8, 4) is 0 Å². The van der Waals surface area contributed by atoms with E-state index < -0.39 is 17.5 Å². The van der Waals surface area contributed by atoms with E-state index in [1.807, 2.05) is 48.5 Å². The summed E-state index contributed by atoms with van der Waals surface area (Å²) in [5, 5.41) is 16.0. The van der Waals surface area contributed by atoms with Gasteiger partial charge in [0.1, 0.15) is 6.61 Å². The Balaban J connectivity index is 1.65. The smallest absolute Gasteiger partial charge is 0.309 e. The van der Waals surface area contributed by atoms with Gasteiger partial charge in [0.05, 0.1) is 30.0 Å². The quantitative estimate of drug-likeness (QED) is 0.128. The van der Waals surface area contributed by atoms with Crippen LogP contribution in [0.2, 0.25) is 0 Å². The summed E-state index contributed by atoms with van der Waals surface area (Å²) in [5.41, 5.74) is 1.63. The summed E-state index contributed by atoms with van der Waals surface area (Å²) >= 11 is 1.65. The molecule has 0 radical (unpaired) electrons. The third kappa shape index (κ3) is 12.0. The summed E-state index contributed by atoms with van der Waals surface area (Å²) in [6.07, 6.45) is 9.04. The maximum absolute atomic E-state index is 13.5. The van der Waals surface area contributed by atoms with Crippen molar-refractivity contribution in [3.63, 3.8) is 0 Å². The maximum Gasteiger partial charge on any atom is 0.309 e. The van der Waals surface area contributed by atoms with E-state index >= 15 is 0 Å². The van der Waals surface area contributed by atoms with Crippen molar-refractivity contribution in [1.29, 1.82) is 0 Å². The Morgan fingerprint density at radius 3 is 2.23 bits per heavy atom. The molecule has 0 saturated heterocycles. The number of allylic oxidation sites excluding steroid dienone is 2. The number of carbonyl (C=O) groups excluding carboxylic acids is 3. The number of hydrogen-bond donors (Lipinski definition) is 3. The molecule has 0 spiro atoms. The van der Waals surface area contributed by atoms with Crippen LogP contribution in [0.3, 0.4) is 0 Å². The molecular formula is C36H48N2O5S. The summed E-state index contributed by atoms with van der Waals surface area (Å²) in [4.78, 5) is 39.8. The first-order valence-corrected chi connectivity index (χ1v) is 16.8. The van der Waals surface area contributed by atoms with Gasteiger partial charge >= 0.3 is 5.97 Å². The van der Waals surface area contributed by atoms with Crippen molar-refractivity contribution >= 4 is 29.5 Å². The zero-order valence-corrected chi connectivity index (χ0v) is 26.6. The topological polar surface area (TPSA) is 105 Å². The molecule has 2 aromatic carbocycles. The SMILES string of the molecule is C=CCC[C@H](Cc1ccccc1)C(=O)OC[C@H](CSCc1ccccc1)NC(=O)[C@@H](CC=C)CC(=O)NC1(CO)CCCC1. The number of amides is 2. The molecule has 1 saturated carbocycles. The highest BCUT2D eigenvalue weighted by Crippen LogP contribution is 2.29. The molecule has 2 amide bonds. The van der Waals surface area contributed by atoms with Gasteiger partial charge in [-0.15, -0.1) is 13.2 Å². The van der Waals surface area contributed by atoms with Crippen LogP contribution in [0.4, 0.5) is 0 Å². The summed E-state index contributed by atoms with van der Waals surface area (Å²) in [7, 11) is 0. The lowest BCUT2D eigenvalue weighted by atomic mass is 9.95. The summed E-state index contributed by atoms with van der Waals surface area (Å²) in [5.74, 6) is -0.496. The van der Waals surface area contributed by atoms with Crippen molar-refractivity contribution in [2.45, 2.75) is 75.1 Å². The Morgan fingerprint density at radius 2 is 1.61 bits per heavy atom. The molecule has 3 N–H and O–H groups in total. The first-order chi connectivity index (χ1) is 21.4. The first kappa shape index (κ1) is 35.1. The molecule has 238 valence electrons. The number of benzene rings is 2. The Bertz CT molecular complexity index is 1180. The molecule has 0 unspecified atom stereocenters. The van der Waals surface area contributed by atoms with Crippen LogP contribution in [-0.2, 0) is 31.3 Å². The van der Waals surface area contributed by atoms with Gasteiger partial charge in [0.25, 0.3) is 0 Å². The normalized spacial score (nSPS) is 15.8. The zero-order valence-electron chi connectivity index (χ0n) is 25.8. The molecule has 1 aliphatic rings. The van der Waals surface area contributed by atoms with Crippen molar-refractivity contribution in [2.24, 2.45) is 11.8 Å². The number of esters is 1. The number of aliphatic hydroxyl groups excluding tert-OH is 1. The standard InChI is InChI=1S/C36H48N2O5S/c1-3-5-19-31(22-28-15-8-6-9-16-28)35(42)43-24-32(26-44-25-29-17-10-7-11-18-29)37-34(41)30(14-4-2)23-33(40)38-36(27-39)20-12-13-21-36/h3-4,6-11,15-18,30-32,39H,1-2,5,12-14,19-27H2,(H,37,41)(H,38,40)/t30-,31+,32+/m0/s1. The predicted octanol–water partition coefficient (Wildman–Crippen LogP) is 5.78. The van der Waals surface area contributed by atoms with Gasteiger partial charge in [-0.3, -0.25) is 14.4 Å². The van der Waals surface area contributed by atoms with Crippen LogP contribution in [0, 0.1) is 11.8 Å². The summed E-state index contributed by atoms with van der Waals surface area (Å²) in [6, 6.07) is 19.5. The Kier molecular flexibility index (Phi) is 15.3. The molecule has 0 bridgehead atoms. The van der Waals surface area contributed by atoms with Crippen LogP contribution in [0.1, 0.15) is 62.5 Å². The fourth-order valence-electron chi connectivity index (χ4n) is 5.59. The van der Waals surface area contributed by atoms with E-state index in [2.05, 4.69) is 35.9 Å². The number of aliphatic hydroxyl groups is 1. The Labute approximate surface area is 266 Å². The minimum atomic E-state index is -0.625. The predicted molar refractivity (Wildman–Crippen MR) is 178 cm³/mol. The molecule has 3 atom stereocenters. The van der Waals surface area contributed by atoms with E-state index in [0.717, 1.165) is 42.6 Å². The van der Waals surface area contributed by atoms with E-state index in [1.165, 1.54) is 0 Å². The van der Waals surface area contributed by atoms with Gasteiger partial charge in [-0.05, 0) is 49.7 Å². The van der Waals surface area contributed by atoms with Gasteiger partial charge in [0, 0.05) is 17.9 Å². The van der Waals surface area contributed by atoms with Gasteiger partial charge in [0.15, 0.2) is 0 Å². The second-order valence-corrected chi connectivity index (χ2v) is 12.7. The zero-order chi connectivity index (χ0) is 31.6. The van der Waals surface area contributed by atoms with E-state index in [4.69, 9.17) is 4.74 Å². The minimum absolute atomic E-state index is 0.00995. The average Bonchev–Trinajstić information content (AvgIpc) is 3.51. The van der Waals surface area contributed by atoms with Crippen LogP contribution in [0.5, 0.6) is 0 Å². The van der Waals surface area contributed by atoms with Gasteiger partial charge in [-0.1, -0.05) is 85.7 Å². The van der Waals surface area contributed by atoms with Crippen molar-refractivity contribution in [1.82, 2.24) is 10.6 Å². The van der Waals surface area contributed by atoms with Gasteiger partial charge in [0.2, 0.25) is 11.8 Å². The molecule has 44 heavy (non-hydrogen) atoms. The number of thioether (sulfide) groups is 1. The van der Waals surface area contributed by atoms with Crippen LogP contribution >= 0.6 is 11.8 Å². The molecular weight excluding hydrogens is 572 g/mol. The highest BCUT2D eigenvalue weighted by atomic mass is 32.2. The van der Waals surface area contributed by atoms with Crippen molar-refractivity contribution in [3.05, 3.63) is 97.1 Å². The van der Waals surface area contributed by atoms with Crippen LogP contribution in [0.15, 0.2) is 86.0 Å². The first-order valence-electron chi connectivity index (χ1n) is 15.6. The molecule has 8 heteroatoms. The van der Waals surface area contributed by atoms with E-state index in [0.29, 0.717) is 31.4 Å². The van der Waals surface area contributed by atoms with Gasteiger partial charge < -0.3 is 20.5 Å². The average molecular weight is 621 g/mol. The fourth-order valence-corrected chi connectivity index (χ4v) is 6.60. The number of nitrogens with one attached hydrogen (secondary N) is 2. The monoisotopic (exact) mass is 620 g/mol. The molecule has 0 aliphatic heterocycles. The molecule has 0 heterocycles. The summed E-state index contributed by atoms with van der Waals surface area (Å²) < 4.78 is 5.85. The number of ether oxygens (including phenoxy) is 1. The minimum Gasteiger partial charge on any atom is -0.463 e. The summed E-state index contributed by atoms with van der Waals surface area (Å²) in [6.45, 7) is 7.52. The van der Waals surface area contributed by atoms with E-state index in [1.54, 1.807) is 23.9 Å². The van der Waals surface area contributed by atoms with Crippen LogP contribution in [-0.4, -0.2) is 53.4 Å². The fraction of sp³-hybridized carbons (Fsp3) is 0.472. The Morgan fingerprint density at radius 1 is 0.955 bits per heavy atom. The van der Waals surface area contributed by atoms with Gasteiger partial charge in [-0.25, -0.2) is 0 Å². The van der Waals surface area contributed by atoms with Crippen LogP contribution < -0.4 is 10.6 Å². The molecule has 3 rings (SSSR count). The van der Waals surface area contributed by atoms with E-state index in [9.17, 15) is 19.5 Å². The van der Waals surface area contributed by atoms with Crippen LogP contribution in [0.25, 0.3) is 0 Å². The Hall–Kier alpha value is -3.36. The largest absolute Gasteiger partial charge is 0.463 e. The molecule has 1 aliphatic carbocycles. The second-order valence-electron chi connectivity index (χ2n) is 11.7. The van der Waals surface area contributed by atoms with Gasteiger partial charge in [-0.2, -0.15) is 11.8 Å². The number of rotatable bonds is 20. The number of hydrogen-bond acceptors (Lipinski definition) is 6. The lowest BCUT2D eigenvalue weighted by Gasteiger charge is -2.29. The third-order valence-corrected chi connectivity index (χ3v) is 9.28. The maximum atomic E-state index is 13.5. The lowest BCUT2D eigenvalue weighted by Crippen LogP contribution is -2.50. The second kappa shape index (κ2) is 19.1. The molecule has 2 aromatic rings. The molecule has 0 aromatic heterocycles. The molecule has 1 fully saturated rings. The van der Waals surface area contributed by atoms with Crippen molar-refractivity contribution in [2.75, 3.05) is 19.0 Å². The van der Waals surface area contributed by atoms with Crippen molar-refractivity contribution < 1.29 is 24.2 Å². The van der Waals surface area contributed by atoms with E-state index in [-0.39, 0.29) is 43.3 Å². The highest BCUT2D eigenvalue weighted by Gasteiger charge is 2.35. The lowest BCUT2D eigenvalue weighted by molar-refractivity contribution is -0.150.